The molecular formula is C12H18N2O. The number of hydrogen-bond donors (Lipinski definition) is 0. The van der Waals surface area contributed by atoms with E-state index < -0.39 is 0 Å². The van der Waals surface area contributed by atoms with Gasteiger partial charge in [-0.2, -0.15) is 0 Å². The van der Waals surface area contributed by atoms with E-state index in [-0.39, 0.29) is 11.7 Å². The van der Waals surface area contributed by atoms with Gasteiger partial charge in [-0.05, 0) is 18.9 Å². The van der Waals surface area contributed by atoms with Gasteiger partial charge >= 0.3 is 0 Å². The van der Waals surface area contributed by atoms with Gasteiger partial charge in [0.25, 0.3) is 0 Å². The highest BCUT2D eigenvalue weighted by Crippen LogP contribution is 2.18. The summed E-state index contributed by atoms with van der Waals surface area (Å²) in [5, 5.41) is 0. The maximum Gasteiger partial charge on any atom is 0.141 e. The monoisotopic (exact) mass is 206 g/mol. The normalized spacial score (nSPS) is 12.9. The Balaban J connectivity index is 2.95. The van der Waals surface area contributed by atoms with E-state index in [9.17, 15) is 4.79 Å². The van der Waals surface area contributed by atoms with Gasteiger partial charge in [0, 0.05) is 12.1 Å². The predicted octanol–water partition coefficient (Wildman–Crippen LogP) is 2.68. The van der Waals surface area contributed by atoms with Gasteiger partial charge in [-0.1, -0.05) is 20.8 Å². The quantitative estimate of drug-likeness (QED) is 0.760. The standard InChI is InChI=1S/C12H18N2O/c1-5-12(15)9(4)11-6-10(8(2)3)13-7-14-11/h6-9H,5H2,1-4H3. The minimum Gasteiger partial charge on any atom is -0.299 e. The van der Waals surface area contributed by atoms with E-state index >= 15 is 0 Å². The average Bonchev–Trinajstić information content (AvgIpc) is 2.27. The lowest BCUT2D eigenvalue weighted by molar-refractivity contribution is -0.119. The van der Waals surface area contributed by atoms with Gasteiger partial charge in [0.1, 0.15) is 12.1 Å². The van der Waals surface area contributed by atoms with E-state index in [1.807, 2.05) is 19.9 Å². The van der Waals surface area contributed by atoms with E-state index in [1.165, 1.54) is 0 Å². The van der Waals surface area contributed by atoms with Gasteiger partial charge in [-0.15, -0.1) is 0 Å². The van der Waals surface area contributed by atoms with Gasteiger partial charge in [0.15, 0.2) is 0 Å². The maximum absolute atomic E-state index is 11.5. The largest absolute Gasteiger partial charge is 0.299 e. The molecule has 0 aliphatic heterocycles. The van der Waals surface area contributed by atoms with Crippen molar-refractivity contribution in [3.8, 4) is 0 Å². The second kappa shape index (κ2) is 5.01. The molecule has 0 saturated carbocycles. The molecule has 1 unspecified atom stereocenters. The molecule has 1 aromatic heterocycles. The van der Waals surface area contributed by atoms with E-state index in [4.69, 9.17) is 0 Å². The SMILES string of the molecule is CCC(=O)C(C)c1cc(C(C)C)ncn1. The fourth-order valence-corrected chi connectivity index (χ4v) is 1.41. The molecule has 3 heteroatoms. The summed E-state index contributed by atoms with van der Waals surface area (Å²) in [6.45, 7) is 7.94. The van der Waals surface area contributed by atoms with Crippen LogP contribution < -0.4 is 0 Å². The Morgan fingerprint density at radius 3 is 2.40 bits per heavy atom. The molecule has 0 amide bonds. The molecular weight excluding hydrogens is 188 g/mol. The lowest BCUT2D eigenvalue weighted by Gasteiger charge is -2.10. The predicted molar refractivity (Wildman–Crippen MR) is 59.8 cm³/mol. The van der Waals surface area contributed by atoms with Crippen molar-refractivity contribution in [2.45, 2.75) is 46.0 Å². The third-order valence-corrected chi connectivity index (χ3v) is 2.58. The molecule has 3 nitrogen and oxygen atoms in total. The van der Waals surface area contributed by atoms with Crippen molar-refractivity contribution in [3.05, 3.63) is 23.8 Å². The van der Waals surface area contributed by atoms with Crippen LogP contribution in [0.1, 0.15) is 57.3 Å². The van der Waals surface area contributed by atoms with Crippen molar-refractivity contribution < 1.29 is 4.79 Å². The van der Waals surface area contributed by atoms with Crippen molar-refractivity contribution in [1.82, 2.24) is 9.97 Å². The second-order valence-electron chi connectivity index (χ2n) is 4.06. The molecule has 15 heavy (non-hydrogen) atoms. The Morgan fingerprint density at radius 1 is 1.27 bits per heavy atom. The van der Waals surface area contributed by atoms with Crippen LogP contribution in [0.4, 0.5) is 0 Å². The minimum atomic E-state index is -0.115. The van der Waals surface area contributed by atoms with E-state index in [2.05, 4.69) is 23.8 Å². The van der Waals surface area contributed by atoms with Gasteiger partial charge in [0.05, 0.1) is 11.6 Å². The number of Topliss-reactive ketones (excluding diaryl/α,β-unsaturated/α-hetero) is 1. The van der Waals surface area contributed by atoms with Crippen LogP contribution in [-0.4, -0.2) is 15.8 Å². The fraction of sp³-hybridized carbons (Fsp3) is 0.583. The summed E-state index contributed by atoms with van der Waals surface area (Å²) in [7, 11) is 0. The molecule has 0 aliphatic carbocycles. The molecule has 82 valence electrons. The summed E-state index contributed by atoms with van der Waals surface area (Å²) in [6.07, 6.45) is 2.10. The number of aromatic nitrogens is 2. The van der Waals surface area contributed by atoms with Crippen LogP contribution in [-0.2, 0) is 4.79 Å². The van der Waals surface area contributed by atoms with Crippen molar-refractivity contribution in [2.24, 2.45) is 0 Å². The third-order valence-electron chi connectivity index (χ3n) is 2.58. The average molecular weight is 206 g/mol. The van der Waals surface area contributed by atoms with E-state index in [0.29, 0.717) is 12.3 Å². The summed E-state index contributed by atoms with van der Waals surface area (Å²) >= 11 is 0. The maximum atomic E-state index is 11.5. The van der Waals surface area contributed by atoms with Crippen LogP contribution in [0.25, 0.3) is 0 Å². The molecule has 0 fully saturated rings. The second-order valence-corrected chi connectivity index (χ2v) is 4.06. The van der Waals surface area contributed by atoms with Gasteiger partial charge in [0.2, 0.25) is 0 Å². The molecule has 0 saturated heterocycles. The molecule has 0 bridgehead atoms. The van der Waals surface area contributed by atoms with Crippen molar-refractivity contribution in [2.75, 3.05) is 0 Å². The highest BCUT2D eigenvalue weighted by atomic mass is 16.1. The minimum absolute atomic E-state index is 0.115. The van der Waals surface area contributed by atoms with Crippen molar-refractivity contribution in [1.29, 1.82) is 0 Å². The number of rotatable bonds is 4. The first-order chi connectivity index (χ1) is 7.06. The summed E-state index contributed by atoms with van der Waals surface area (Å²) in [4.78, 5) is 19.9. The lowest BCUT2D eigenvalue weighted by atomic mass is 9.98. The number of carbonyl (C=O) groups excluding carboxylic acids is 1. The lowest BCUT2D eigenvalue weighted by Crippen LogP contribution is -2.10. The molecule has 1 rings (SSSR count). The Labute approximate surface area is 91.0 Å². The van der Waals surface area contributed by atoms with Crippen LogP contribution in [0.2, 0.25) is 0 Å². The van der Waals surface area contributed by atoms with E-state index in [0.717, 1.165) is 11.4 Å². The van der Waals surface area contributed by atoms with Gasteiger partial charge < -0.3 is 0 Å². The summed E-state index contributed by atoms with van der Waals surface area (Å²) < 4.78 is 0. The molecule has 1 aromatic rings. The molecule has 0 radical (unpaired) electrons. The van der Waals surface area contributed by atoms with Gasteiger partial charge in [-0.25, -0.2) is 9.97 Å². The molecule has 0 N–H and O–H groups in total. The third kappa shape index (κ3) is 2.85. The van der Waals surface area contributed by atoms with Crippen LogP contribution in [0.15, 0.2) is 12.4 Å². The molecule has 1 atom stereocenters. The number of hydrogen-bond acceptors (Lipinski definition) is 3. The Hall–Kier alpha value is -1.25. The summed E-state index contributed by atoms with van der Waals surface area (Å²) in [5.41, 5.74) is 1.83. The van der Waals surface area contributed by atoms with Crippen LogP contribution in [0, 0.1) is 0 Å². The summed E-state index contributed by atoms with van der Waals surface area (Å²) in [6, 6.07) is 1.93. The molecule has 0 aromatic carbocycles. The number of ketones is 1. The molecule has 1 heterocycles. The zero-order valence-electron chi connectivity index (χ0n) is 9.82. The Kier molecular flexibility index (Phi) is 3.95. The highest BCUT2D eigenvalue weighted by molar-refractivity contribution is 5.84. The van der Waals surface area contributed by atoms with E-state index in [1.54, 1.807) is 6.33 Å². The van der Waals surface area contributed by atoms with Gasteiger partial charge in [-0.3, -0.25) is 4.79 Å². The topological polar surface area (TPSA) is 42.9 Å². The fourth-order valence-electron chi connectivity index (χ4n) is 1.41. The highest BCUT2D eigenvalue weighted by Gasteiger charge is 2.15. The smallest absolute Gasteiger partial charge is 0.141 e. The van der Waals surface area contributed by atoms with Crippen LogP contribution in [0.3, 0.4) is 0 Å². The van der Waals surface area contributed by atoms with Crippen LogP contribution >= 0.6 is 0 Å². The number of nitrogens with zero attached hydrogens (tertiary/aromatic N) is 2. The Bertz CT molecular complexity index is 347. The van der Waals surface area contributed by atoms with Crippen molar-refractivity contribution >= 4 is 5.78 Å². The molecule has 0 spiro atoms. The zero-order valence-corrected chi connectivity index (χ0v) is 9.82. The summed E-state index contributed by atoms with van der Waals surface area (Å²) in [5.74, 6) is 0.481. The Morgan fingerprint density at radius 2 is 1.87 bits per heavy atom. The van der Waals surface area contributed by atoms with Crippen LogP contribution in [0.5, 0.6) is 0 Å². The first kappa shape index (κ1) is 11.8. The number of carbonyl (C=O) groups is 1. The molecule has 0 aliphatic rings. The first-order valence-electron chi connectivity index (χ1n) is 5.40. The first-order valence-corrected chi connectivity index (χ1v) is 5.40. The zero-order chi connectivity index (χ0) is 11.4. The van der Waals surface area contributed by atoms with Crippen molar-refractivity contribution in [3.63, 3.8) is 0 Å².